The highest BCUT2D eigenvalue weighted by atomic mass is 32.2. The molecule has 0 saturated heterocycles. The molecule has 1 aliphatic carbocycles. The van der Waals surface area contributed by atoms with Crippen molar-refractivity contribution in [1.82, 2.24) is 9.03 Å². The zero-order valence-corrected chi connectivity index (χ0v) is 10.8. The van der Waals surface area contributed by atoms with Crippen molar-refractivity contribution in [2.75, 3.05) is 26.8 Å². The number of amidine groups is 1. The maximum atomic E-state index is 11.9. The van der Waals surface area contributed by atoms with Crippen LogP contribution in [0.1, 0.15) is 19.3 Å². The molecule has 0 aromatic carbocycles. The zero-order chi connectivity index (χ0) is 12.9. The van der Waals surface area contributed by atoms with Gasteiger partial charge in [-0.15, -0.1) is 0 Å². The van der Waals surface area contributed by atoms with E-state index in [1.54, 1.807) is 0 Å². The first kappa shape index (κ1) is 14.4. The fourth-order valence-corrected chi connectivity index (χ4v) is 2.89. The maximum Gasteiger partial charge on any atom is 0.279 e. The summed E-state index contributed by atoms with van der Waals surface area (Å²) in [5, 5.41) is 7.14. The minimum absolute atomic E-state index is 0.00254. The van der Waals surface area contributed by atoms with Gasteiger partial charge in [0, 0.05) is 32.7 Å². The molecule has 1 rings (SSSR count). The van der Waals surface area contributed by atoms with Crippen molar-refractivity contribution < 1.29 is 13.2 Å². The van der Waals surface area contributed by atoms with Crippen LogP contribution in [-0.2, 0) is 14.9 Å². The first-order chi connectivity index (χ1) is 7.97. The van der Waals surface area contributed by atoms with Crippen LogP contribution < -0.4 is 10.5 Å². The molecule has 0 spiro atoms. The van der Waals surface area contributed by atoms with E-state index in [2.05, 4.69) is 4.72 Å². The molecule has 0 aromatic heterocycles. The predicted molar refractivity (Wildman–Crippen MR) is 65.1 cm³/mol. The third kappa shape index (κ3) is 4.99. The van der Waals surface area contributed by atoms with E-state index < -0.39 is 10.2 Å². The Bertz CT molecular complexity index is 353. The molecule has 4 N–H and O–H groups in total. The van der Waals surface area contributed by atoms with Crippen molar-refractivity contribution in [3.05, 3.63) is 0 Å². The van der Waals surface area contributed by atoms with Gasteiger partial charge in [0.05, 0.1) is 12.4 Å². The Hall–Kier alpha value is -0.700. The molecule has 100 valence electrons. The molecular formula is C9H20N4O3S. The van der Waals surface area contributed by atoms with Crippen LogP contribution in [0, 0.1) is 5.41 Å². The van der Waals surface area contributed by atoms with Gasteiger partial charge in [-0.1, -0.05) is 0 Å². The van der Waals surface area contributed by atoms with Crippen molar-refractivity contribution in [2.45, 2.75) is 25.3 Å². The van der Waals surface area contributed by atoms with Crippen molar-refractivity contribution >= 4 is 16.0 Å². The van der Waals surface area contributed by atoms with E-state index in [9.17, 15) is 8.42 Å². The highest BCUT2D eigenvalue weighted by Crippen LogP contribution is 2.28. The Morgan fingerprint density at radius 1 is 1.59 bits per heavy atom. The molecule has 1 saturated carbocycles. The number of hydrogen-bond donors (Lipinski definition) is 3. The summed E-state index contributed by atoms with van der Waals surface area (Å²) >= 11 is 0. The van der Waals surface area contributed by atoms with Gasteiger partial charge >= 0.3 is 0 Å². The second-order valence-electron chi connectivity index (χ2n) is 4.01. The smallest absolute Gasteiger partial charge is 0.279 e. The second kappa shape index (κ2) is 6.29. The van der Waals surface area contributed by atoms with Crippen molar-refractivity contribution in [3.8, 4) is 0 Å². The molecule has 0 amide bonds. The molecule has 0 aliphatic heterocycles. The summed E-state index contributed by atoms with van der Waals surface area (Å²) in [5.41, 5.74) is 5.25. The maximum absolute atomic E-state index is 11.9. The highest BCUT2D eigenvalue weighted by molar-refractivity contribution is 7.87. The quantitative estimate of drug-likeness (QED) is 0.289. The third-order valence-corrected chi connectivity index (χ3v) is 4.12. The summed E-state index contributed by atoms with van der Waals surface area (Å²) in [6.45, 7) is 0.856. The Labute approximate surface area is 102 Å². The monoisotopic (exact) mass is 264 g/mol. The third-order valence-electron chi connectivity index (χ3n) is 2.46. The minimum atomic E-state index is -3.48. The van der Waals surface area contributed by atoms with Crippen molar-refractivity contribution in [2.24, 2.45) is 5.73 Å². The molecule has 0 heterocycles. The lowest BCUT2D eigenvalue weighted by Gasteiger charge is -2.21. The van der Waals surface area contributed by atoms with Gasteiger partial charge in [0.1, 0.15) is 0 Å². The van der Waals surface area contributed by atoms with Crippen LogP contribution in [0.4, 0.5) is 0 Å². The Balaban J connectivity index is 2.52. The van der Waals surface area contributed by atoms with E-state index in [1.165, 1.54) is 11.4 Å². The number of ether oxygens (including phenoxy) is 1. The van der Waals surface area contributed by atoms with Crippen LogP contribution >= 0.6 is 0 Å². The lowest BCUT2D eigenvalue weighted by atomic mass is 10.4. The number of nitrogens with one attached hydrogen (secondary N) is 2. The number of hydrogen-bond acceptors (Lipinski definition) is 4. The molecule has 1 fully saturated rings. The fraction of sp³-hybridized carbons (Fsp3) is 0.889. The molecular weight excluding hydrogens is 244 g/mol. The van der Waals surface area contributed by atoms with Crippen molar-refractivity contribution in [1.29, 1.82) is 5.41 Å². The molecule has 17 heavy (non-hydrogen) atoms. The Morgan fingerprint density at radius 2 is 2.24 bits per heavy atom. The molecule has 0 radical (unpaired) electrons. The van der Waals surface area contributed by atoms with E-state index >= 15 is 0 Å². The Morgan fingerprint density at radius 3 is 2.71 bits per heavy atom. The summed E-state index contributed by atoms with van der Waals surface area (Å²) in [6.07, 6.45) is 2.02. The van der Waals surface area contributed by atoms with E-state index in [-0.39, 0.29) is 31.4 Å². The molecule has 0 aromatic rings. The lowest BCUT2D eigenvalue weighted by Crippen LogP contribution is -2.44. The van der Waals surface area contributed by atoms with E-state index in [1.807, 2.05) is 0 Å². The van der Waals surface area contributed by atoms with Gasteiger partial charge < -0.3 is 10.5 Å². The van der Waals surface area contributed by atoms with Gasteiger partial charge in [-0.05, 0) is 12.8 Å². The van der Waals surface area contributed by atoms with Crippen molar-refractivity contribution in [3.63, 3.8) is 0 Å². The summed E-state index contributed by atoms with van der Waals surface area (Å²) in [7, 11) is -1.96. The fourth-order valence-electron chi connectivity index (χ4n) is 1.45. The van der Waals surface area contributed by atoms with Crippen LogP contribution in [-0.4, -0.2) is 51.4 Å². The second-order valence-corrected chi connectivity index (χ2v) is 5.72. The average molecular weight is 264 g/mol. The van der Waals surface area contributed by atoms with Crippen LogP contribution in [0.3, 0.4) is 0 Å². The molecule has 1 aliphatic rings. The number of nitrogens with zero attached hydrogens (tertiary/aromatic N) is 1. The van der Waals surface area contributed by atoms with Crippen LogP contribution in [0.15, 0.2) is 0 Å². The largest absolute Gasteiger partial charge is 0.388 e. The average Bonchev–Trinajstić information content (AvgIpc) is 3.01. The van der Waals surface area contributed by atoms with Gasteiger partial charge in [-0.2, -0.15) is 17.4 Å². The number of rotatable bonds is 9. The minimum Gasteiger partial charge on any atom is -0.388 e. The first-order valence-electron chi connectivity index (χ1n) is 5.55. The van der Waals surface area contributed by atoms with Gasteiger partial charge in [-0.25, -0.2) is 0 Å². The Kier molecular flexibility index (Phi) is 5.31. The van der Waals surface area contributed by atoms with Crippen LogP contribution in [0.25, 0.3) is 0 Å². The number of methoxy groups -OCH3 is 1. The summed E-state index contributed by atoms with van der Waals surface area (Å²) in [5.74, 6) is 0.00254. The molecule has 8 heteroatoms. The molecule has 7 nitrogen and oxygen atoms in total. The van der Waals surface area contributed by atoms with Gasteiger partial charge in [0.2, 0.25) is 0 Å². The molecule has 0 atom stereocenters. The lowest BCUT2D eigenvalue weighted by molar-refractivity contribution is 0.203. The SMILES string of the molecule is COCCNS(=O)(=O)N(CCC(=N)N)C1CC1. The van der Waals surface area contributed by atoms with Crippen LogP contribution in [0.5, 0.6) is 0 Å². The molecule has 0 bridgehead atoms. The summed E-state index contributed by atoms with van der Waals surface area (Å²) in [4.78, 5) is 0. The first-order valence-corrected chi connectivity index (χ1v) is 6.99. The van der Waals surface area contributed by atoms with E-state index in [0.29, 0.717) is 6.61 Å². The topological polar surface area (TPSA) is 109 Å². The molecule has 0 unspecified atom stereocenters. The number of nitrogens with two attached hydrogens (primary N) is 1. The van der Waals surface area contributed by atoms with Crippen LogP contribution in [0.2, 0.25) is 0 Å². The van der Waals surface area contributed by atoms with Gasteiger partial charge in [0.25, 0.3) is 10.2 Å². The van der Waals surface area contributed by atoms with Gasteiger partial charge in [0.15, 0.2) is 0 Å². The standard InChI is InChI=1S/C9H20N4O3S/c1-16-7-5-12-17(14,15)13(8-2-3-8)6-4-9(10)11/h8,12H,2-7H2,1H3,(H3,10,11). The summed E-state index contributed by atoms with van der Waals surface area (Å²) in [6, 6.07) is 0.0643. The summed E-state index contributed by atoms with van der Waals surface area (Å²) < 4.78 is 32.5. The predicted octanol–water partition coefficient (Wildman–Crippen LogP) is -0.742. The zero-order valence-electron chi connectivity index (χ0n) is 9.98. The van der Waals surface area contributed by atoms with E-state index in [0.717, 1.165) is 12.8 Å². The highest BCUT2D eigenvalue weighted by Gasteiger charge is 2.36. The van der Waals surface area contributed by atoms with E-state index in [4.69, 9.17) is 15.9 Å². The normalized spacial score (nSPS) is 16.4. The van der Waals surface area contributed by atoms with Gasteiger partial charge in [-0.3, -0.25) is 5.41 Å².